The molecule has 0 saturated carbocycles. The summed E-state index contributed by atoms with van der Waals surface area (Å²) in [5, 5.41) is 9.09. The second-order valence-corrected chi connectivity index (χ2v) is 3.61. The number of aliphatic hydroxyl groups excluding tert-OH is 1. The van der Waals surface area contributed by atoms with E-state index >= 15 is 0 Å². The third-order valence-electron chi connectivity index (χ3n) is 2.01. The highest BCUT2D eigenvalue weighted by Gasteiger charge is 2.04. The molecule has 1 N–H and O–H groups in total. The first-order valence-corrected chi connectivity index (χ1v) is 4.98. The fourth-order valence-electron chi connectivity index (χ4n) is 1.18. The van der Waals surface area contributed by atoms with E-state index in [2.05, 4.69) is 11.6 Å². The number of pyridine rings is 1. The molecular weight excluding hydrogens is 190 g/mol. The van der Waals surface area contributed by atoms with Crippen molar-refractivity contribution in [3.8, 4) is 5.75 Å². The number of hydrogen-bond donors (Lipinski definition) is 1. The van der Waals surface area contributed by atoms with Crippen LogP contribution >= 0.6 is 0 Å². The van der Waals surface area contributed by atoms with Gasteiger partial charge in [0.05, 0.1) is 13.2 Å². The third kappa shape index (κ3) is 3.72. The number of rotatable bonds is 5. The van der Waals surface area contributed by atoms with Crippen molar-refractivity contribution in [3.63, 3.8) is 0 Å². The van der Waals surface area contributed by atoms with Crippen molar-refractivity contribution in [3.05, 3.63) is 35.7 Å². The zero-order valence-corrected chi connectivity index (χ0v) is 9.29. The highest BCUT2D eigenvalue weighted by molar-refractivity contribution is 5.28. The van der Waals surface area contributed by atoms with Gasteiger partial charge in [-0.25, -0.2) is 0 Å². The van der Waals surface area contributed by atoms with Crippen LogP contribution in [0.15, 0.2) is 24.3 Å². The Morgan fingerprint density at radius 3 is 2.87 bits per heavy atom. The number of aromatic nitrogens is 1. The first kappa shape index (κ1) is 11.7. The maximum Gasteiger partial charge on any atom is 0.143 e. The predicted molar refractivity (Wildman–Crippen MR) is 59.8 cm³/mol. The van der Waals surface area contributed by atoms with Crippen LogP contribution in [0.25, 0.3) is 0 Å². The van der Waals surface area contributed by atoms with Gasteiger partial charge in [0.2, 0.25) is 0 Å². The lowest BCUT2D eigenvalue weighted by Gasteiger charge is -2.09. The standard InChI is InChI=1S/C12H17NO2/c1-9(2)6-7-15-12-5-4-10(3)13-11(12)8-14/h4-5,14H,1,6-8H2,2-3H3. The van der Waals surface area contributed by atoms with E-state index in [1.54, 1.807) is 0 Å². The fourth-order valence-corrected chi connectivity index (χ4v) is 1.18. The number of hydrogen-bond acceptors (Lipinski definition) is 3. The normalized spacial score (nSPS) is 10.1. The molecule has 0 bridgehead atoms. The minimum absolute atomic E-state index is 0.0932. The molecule has 0 aliphatic rings. The van der Waals surface area contributed by atoms with Crippen LogP contribution in [0, 0.1) is 6.92 Å². The fraction of sp³-hybridized carbons (Fsp3) is 0.417. The van der Waals surface area contributed by atoms with E-state index in [0.717, 1.165) is 17.7 Å². The van der Waals surface area contributed by atoms with Crippen LogP contribution in [0.3, 0.4) is 0 Å². The molecule has 0 saturated heterocycles. The van der Waals surface area contributed by atoms with Gasteiger partial charge in [-0.05, 0) is 26.0 Å². The van der Waals surface area contributed by atoms with Gasteiger partial charge in [0, 0.05) is 12.1 Å². The van der Waals surface area contributed by atoms with E-state index in [1.165, 1.54) is 0 Å². The summed E-state index contributed by atoms with van der Waals surface area (Å²) in [6.45, 7) is 8.13. The smallest absolute Gasteiger partial charge is 0.143 e. The first-order chi connectivity index (χ1) is 7.13. The summed E-state index contributed by atoms with van der Waals surface area (Å²) in [6, 6.07) is 3.71. The Morgan fingerprint density at radius 1 is 1.53 bits per heavy atom. The average Bonchev–Trinajstić information content (AvgIpc) is 2.19. The Kier molecular flexibility index (Phi) is 4.31. The zero-order valence-electron chi connectivity index (χ0n) is 9.29. The van der Waals surface area contributed by atoms with Crippen molar-refractivity contribution >= 4 is 0 Å². The highest BCUT2D eigenvalue weighted by Crippen LogP contribution is 2.17. The molecule has 0 aliphatic carbocycles. The Hall–Kier alpha value is -1.35. The quantitative estimate of drug-likeness (QED) is 0.753. The van der Waals surface area contributed by atoms with Gasteiger partial charge in [0.15, 0.2) is 0 Å². The van der Waals surface area contributed by atoms with Crippen LogP contribution in [-0.4, -0.2) is 16.7 Å². The molecule has 0 aliphatic heterocycles. The monoisotopic (exact) mass is 207 g/mol. The van der Waals surface area contributed by atoms with E-state index in [0.29, 0.717) is 18.1 Å². The topological polar surface area (TPSA) is 42.4 Å². The highest BCUT2D eigenvalue weighted by atomic mass is 16.5. The van der Waals surface area contributed by atoms with Gasteiger partial charge in [-0.2, -0.15) is 0 Å². The molecule has 0 radical (unpaired) electrons. The van der Waals surface area contributed by atoms with Gasteiger partial charge >= 0.3 is 0 Å². The van der Waals surface area contributed by atoms with Crippen molar-refractivity contribution in [1.29, 1.82) is 0 Å². The summed E-state index contributed by atoms with van der Waals surface area (Å²) in [5.41, 5.74) is 2.56. The Labute approximate surface area is 90.4 Å². The second-order valence-electron chi connectivity index (χ2n) is 3.61. The Bertz CT molecular complexity index is 347. The van der Waals surface area contributed by atoms with Crippen LogP contribution < -0.4 is 4.74 Å². The van der Waals surface area contributed by atoms with Crippen molar-refractivity contribution in [2.75, 3.05) is 6.61 Å². The van der Waals surface area contributed by atoms with Crippen molar-refractivity contribution in [2.45, 2.75) is 26.9 Å². The molecule has 0 unspecified atom stereocenters. The number of ether oxygens (including phenoxy) is 1. The summed E-state index contributed by atoms with van der Waals surface area (Å²) in [4.78, 5) is 4.19. The van der Waals surface area contributed by atoms with Crippen LogP contribution in [-0.2, 0) is 6.61 Å². The van der Waals surface area contributed by atoms with Gasteiger partial charge in [0.25, 0.3) is 0 Å². The summed E-state index contributed by atoms with van der Waals surface area (Å²) >= 11 is 0. The van der Waals surface area contributed by atoms with E-state index in [-0.39, 0.29) is 6.61 Å². The van der Waals surface area contributed by atoms with Crippen molar-refractivity contribution in [1.82, 2.24) is 4.98 Å². The van der Waals surface area contributed by atoms with Crippen LogP contribution in [0.4, 0.5) is 0 Å². The molecule has 1 aromatic heterocycles. The number of nitrogens with zero attached hydrogens (tertiary/aromatic N) is 1. The third-order valence-corrected chi connectivity index (χ3v) is 2.01. The predicted octanol–water partition coefficient (Wildman–Crippen LogP) is 2.23. The van der Waals surface area contributed by atoms with Gasteiger partial charge in [0.1, 0.15) is 11.4 Å². The van der Waals surface area contributed by atoms with Crippen LogP contribution in [0.1, 0.15) is 24.7 Å². The van der Waals surface area contributed by atoms with E-state index in [4.69, 9.17) is 9.84 Å². The Morgan fingerprint density at radius 2 is 2.27 bits per heavy atom. The molecule has 3 nitrogen and oxygen atoms in total. The Balaban J connectivity index is 2.63. The van der Waals surface area contributed by atoms with E-state index in [9.17, 15) is 0 Å². The van der Waals surface area contributed by atoms with Crippen LogP contribution in [0.2, 0.25) is 0 Å². The van der Waals surface area contributed by atoms with Crippen LogP contribution in [0.5, 0.6) is 5.75 Å². The summed E-state index contributed by atoms with van der Waals surface area (Å²) in [5.74, 6) is 0.657. The second kappa shape index (κ2) is 5.51. The molecule has 1 aromatic rings. The summed E-state index contributed by atoms with van der Waals surface area (Å²) in [7, 11) is 0. The van der Waals surface area contributed by atoms with Gasteiger partial charge in [-0.1, -0.05) is 5.57 Å². The molecule has 1 rings (SSSR count). The van der Waals surface area contributed by atoms with Gasteiger partial charge in [-0.3, -0.25) is 4.98 Å². The van der Waals surface area contributed by atoms with Crippen molar-refractivity contribution < 1.29 is 9.84 Å². The molecule has 82 valence electrons. The minimum Gasteiger partial charge on any atom is -0.491 e. The molecular formula is C12H17NO2. The molecule has 0 amide bonds. The molecule has 15 heavy (non-hydrogen) atoms. The largest absolute Gasteiger partial charge is 0.491 e. The first-order valence-electron chi connectivity index (χ1n) is 4.98. The molecule has 0 atom stereocenters. The van der Waals surface area contributed by atoms with Gasteiger partial charge in [-0.15, -0.1) is 6.58 Å². The summed E-state index contributed by atoms with van der Waals surface area (Å²) in [6.07, 6.45) is 0.818. The van der Waals surface area contributed by atoms with E-state index < -0.39 is 0 Å². The lowest BCUT2D eigenvalue weighted by atomic mass is 10.2. The molecule has 1 heterocycles. The lowest BCUT2D eigenvalue weighted by molar-refractivity contribution is 0.258. The SMILES string of the molecule is C=C(C)CCOc1ccc(C)nc1CO. The van der Waals surface area contributed by atoms with Crippen molar-refractivity contribution in [2.24, 2.45) is 0 Å². The number of aryl methyl sites for hydroxylation is 1. The lowest BCUT2D eigenvalue weighted by Crippen LogP contribution is -2.03. The summed E-state index contributed by atoms with van der Waals surface area (Å²) < 4.78 is 5.51. The average molecular weight is 207 g/mol. The maximum absolute atomic E-state index is 9.09. The number of aliphatic hydroxyl groups is 1. The van der Waals surface area contributed by atoms with Gasteiger partial charge < -0.3 is 9.84 Å². The molecule has 0 fully saturated rings. The molecule has 3 heteroatoms. The molecule has 0 aromatic carbocycles. The van der Waals surface area contributed by atoms with E-state index in [1.807, 2.05) is 26.0 Å². The minimum atomic E-state index is -0.0932. The maximum atomic E-state index is 9.09. The zero-order chi connectivity index (χ0) is 11.3. The molecule has 0 spiro atoms.